The van der Waals surface area contributed by atoms with E-state index in [-0.39, 0.29) is 5.91 Å². The monoisotopic (exact) mass is 356 g/mol. The van der Waals surface area contributed by atoms with Crippen molar-refractivity contribution >= 4 is 11.7 Å². The van der Waals surface area contributed by atoms with E-state index < -0.39 is 40.8 Å². The number of hydrogen-bond acceptors (Lipinski definition) is 4. The molecule has 8 heteroatoms. The first-order valence-corrected chi connectivity index (χ1v) is 8.27. The molecule has 1 atom stereocenters. The lowest BCUT2D eigenvalue weighted by atomic mass is 9.88. The molecule has 25 heavy (non-hydrogen) atoms. The van der Waals surface area contributed by atoms with Crippen LogP contribution < -0.4 is 5.32 Å². The Morgan fingerprint density at radius 3 is 2.32 bits per heavy atom. The van der Waals surface area contributed by atoms with Gasteiger partial charge in [-0.25, -0.2) is 13.2 Å². The molecule has 1 amide bonds. The zero-order valence-corrected chi connectivity index (χ0v) is 13.6. The van der Waals surface area contributed by atoms with Crippen LogP contribution in [0.1, 0.15) is 23.2 Å². The molecule has 0 radical (unpaired) electrons. The van der Waals surface area contributed by atoms with E-state index in [9.17, 15) is 22.8 Å². The Balaban J connectivity index is 1.62. The van der Waals surface area contributed by atoms with Crippen molar-refractivity contribution in [1.82, 2.24) is 10.2 Å². The van der Waals surface area contributed by atoms with E-state index >= 15 is 0 Å². The number of halogens is 3. The van der Waals surface area contributed by atoms with Gasteiger partial charge in [0.1, 0.15) is 23.6 Å². The maximum Gasteiger partial charge on any atom is 0.253 e. The highest BCUT2D eigenvalue weighted by Gasteiger charge is 2.34. The molecule has 1 aromatic rings. The van der Waals surface area contributed by atoms with Gasteiger partial charge in [0.05, 0.1) is 12.2 Å². The van der Waals surface area contributed by atoms with Gasteiger partial charge in [-0.2, -0.15) is 0 Å². The van der Waals surface area contributed by atoms with Crippen molar-refractivity contribution < 1.29 is 27.5 Å². The summed E-state index contributed by atoms with van der Waals surface area (Å²) in [6, 6.07) is 1.00. The second-order valence-electron chi connectivity index (χ2n) is 6.27. The van der Waals surface area contributed by atoms with E-state index in [0.29, 0.717) is 57.8 Å². The lowest BCUT2D eigenvalue weighted by Crippen LogP contribution is -2.51. The van der Waals surface area contributed by atoms with E-state index in [0.717, 1.165) is 0 Å². The van der Waals surface area contributed by atoms with Crippen LogP contribution in [0.15, 0.2) is 12.1 Å². The maximum atomic E-state index is 13.8. The largest absolute Gasteiger partial charge is 0.366 e. The first kappa shape index (κ1) is 17.9. The standard InChI is InChI=1S/C17H19F3N2O3/c18-11-7-12(19)15(13(20)8-11)16(23)10-1-4-22(5-2-10)17(24)14-9-21-3-6-25-14/h7-8,10,14,21H,1-6,9H2. The van der Waals surface area contributed by atoms with E-state index in [1.54, 1.807) is 4.90 Å². The predicted octanol–water partition coefficient (Wildman–Crippen LogP) is 1.51. The van der Waals surface area contributed by atoms with Crippen LogP contribution in [0.3, 0.4) is 0 Å². The topological polar surface area (TPSA) is 58.6 Å². The Morgan fingerprint density at radius 1 is 1.12 bits per heavy atom. The number of ether oxygens (including phenoxy) is 1. The fourth-order valence-electron chi connectivity index (χ4n) is 3.27. The van der Waals surface area contributed by atoms with Gasteiger partial charge in [-0.15, -0.1) is 0 Å². The van der Waals surface area contributed by atoms with Crippen molar-refractivity contribution in [3.63, 3.8) is 0 Å². The number of piperidine rings is 1. The molecular formula is C17H19F3N2O3. The Bertz CT molecular complexity index is 646. The second kappa shape index (κ2) is 7.53. The molecule has 0 bridgehead atoms. The number of morpholine rings is 1. The quantitative estimate of drug-likeness (QED) is 0.835. The first-order valence-electron chi connectivity index (χ1n) is 8.27. The van der Waals surface area contributed by atoms with Crippen molar-refractivity contribution in [3.05, 3.63) is 35.1 Å². The van der Waals surface area contributed by atoms with E-state index in [2.05, 4.69) is 5.32 Å². The SMILES string of the molecule is O=C(c1c(F)cc(F)cc1F)C1CCN(C(=O)C2CNCCO2)CC1. The van der Waals surface area contributed by atoms with Crippen LogP contribution in [0.4, 0.5) is 13.2 Å². The summed E-state index contributed by atoms with van der Waals surface area (Å²) in [5.74, 6) is -4.86. The van der Waals surface area contributed by atoms with Crippen LogP contribution in [0, 0.1) is 23.4 Å². The average Bonchev–Trinajstić information content (AvgIpc) is 2.61. The van der Waals surface area contributed by atoms with Crippen LogP contribution in [0.5, 0.6) is 0 Å². The lowest BCUT2D eigenvalue weighted by Gasteiger charge is -2.34. The molecule has 1 N–H and O–H groups in total. The summed E-state index contributed by atoms with van der Waals surface area (Å²) in [5, 5.41) is 3.08. The lowest BCUT2D eigenvalue weighted by molar-refractivity contribution is -0.146. The molecular weight excluding hydrogens is 337 g/mol. The van der Waals surface area contributed by atoms with Gasteiger partial charge in [0, 0.05) is 44.2 Å². The molecule has 2 aliphatic rings. The molecule has 0 saturated carbocycles. The van der Waals surface area contributed by atoms with Crippen LogP contribution in [-0.2, 0) is 9.53 Å². The number of carbonyl (C=O) groups is 2. The van der Waals surface area contributed by atoms with E-state index in [1.807, 2.05) is 0 Å². The second-order valence-corrected chi connectivity index (χ2v) is 6.27. The summed E-state index contributed by atoms with van der Waals surface area (Å²) in [7, 11) is 0. The van der Waals surface area contributed by atoms with Gasteiger partial charge in [-0.05, 0) is 12.8 Å². The molecule has 0 aliphatic carbocycles. The van der Waals surface area contributed by atoms with Gasteiger partial charge in [0.2, 0.25) is 0 Å². The molecule has 3 rings (SSSR count). The van der Waals surface area contributed by atoms with E-state index in [1.165, 1.54) is 0 Å². The minimum Gasteiger partial charge on any atom is -0.366 e. The van der Waals surface area contributed by atoms with Gasteiger partial charge in [-0.3, -0.25) is 9.59 Å². The van der Waals surface area contributed by atoms with Crippen molar-refractivity contribution in [1.29, 1.82) is 0 Å². The van der Waals surface area contributed by atoms with Gasteiger partial charge in [0.25, 0.3) is 5.91 Å². The minimum atomic E-state index is -1.19. The highest BCUT2D eigenvalue weighted by molar-refractivity contribution is 5.98. The molecule has 2 aliphatic heterocycles. The van der Waals surface area contributed by atoms with Gasteiger partial charge < -0.3 is 15.0 Å². The number of carbonyl (C=O) groups excluding carboxylic acids is 2. The van der Waals surface area contributed by atoms with Crippen molar-refractivity contribution in [2.24, 2.45) is 5.92 Å². The molecule has 136 valence electrons. The van der Waals surface area contributed by atoms with Gasteiger partial charge in [-0.1, -0.05) is 0 Å². The third-order valence-electron chi connectivity index (χ3n) is 4.63. The third kappa shape index (κ3) is 3.85. The average molecular weight is 356 g/mol. The predicted molar refractivity (Wildman–Crippen MR) is 82.6 cm³/mol. The number of nitrogens with zero attached hydrogens (tertiary/aromatic N) is 1. The maximum absolute atomic E-state index is 13.8. The van der Waals surface area contributed by atoms with Gasteiger partial charge in [0.15, 0.2) is 5.78 Å². The summed E-state index contributed by atoms with van der Waals surface area (Å²) in [6.45, 7) is 2.26. The molecule has 0 aromatic heterocycles. The van der Waals surface area contributed by atoms with E-state index in [4.69, 9.17) is 4.74 Å². The number of rotatable bonds is 3. The summed E-state index contributed by atoms with van der Waals surface area (Å²) in [5.41, 5.74) is -0.703. The van der Waals surface area contributed by atoms with Crippen molar-refractivity contribution in [3.8, 4) is 0 Å². The molecule has 1 aromatic carbocycles. The third-order valence-corrected chi connectivity index (χ3v) is 4.63. The number of likely N-dealkylation sites (tertiary alicyclic amines) is 1. The molecule has 0 spiro atoms. The summed E-state index contributed by atoms with van der Waals surface area (Å²) in [4.78, 5) is 26.4. The molecule has 2 fully saturated rings. The minimum absolute atomic E-state index is 0.141. The van der Waals surface area contributed by atoms with Crippen molar-refractivity contribution in [2.45, 2.75) is 18.9 Å². The highest BCUT2D eigenvalue weighted by Crippen LogP contribution is 2.26. The Labute approximate surface area is 143 Å². The van der Waals surface area contributed by atoms with Gasteiger partial charge >= 0.3 is 0 Å². The number of ketones is 1. The molecule has 2 saturated heterocycles. The fraction of sp³-hybridized carbons (Fsp3) is 0.529. The van der Waals surface area contributed by atoms with Crippen LogP contribution >= 0.6 is 0 Å². The summed E-state index contributed by atoms with van der Waals surface area (Å²) in [6.07, 6.45) is 0.0788. The smallest absolute Gasteiger partial charge is 0.253 e. The molecule has 1 unspecified atom stereocenters. The Hall–Kier alpha value is -1.93. The number of nitrogens with one attached hydrogen (secondary N) is 1. The van der Waals surface area contributed by atoms with Crippen LogP contribution in [0.25, 0.3) is 0 Å². The fourth-order valence-corrected chi connectivity index (χ4v) is 3.27. The summed E-state index contributed by atoms with van der Waals surface area (Å²) < 4.78 is 46.0. The van der Waals surface area contributed by atoms with Crippen molar-refractivity contribution in [2.75, 3.05) is 32.8 Å². The number of Topliss-reactive ketones (excluding diaryl/α,β-unsaturated/α-hetero) is 1. The number of hydrogen-bond donors (Lipinski definition) is 1. The Morgan fingerprint density at radius 2 is 1.76 bits per heavy atom. The first-order chi connectivity index (χ1) is 12.0. The number of benzene rings is 1. The van der Waals surface area contributed by atoms with Crippen LogP contribution in [-0.4, -0.2) is 55.5 Å². The highest BCUT2D eigenvalue weighted by atomic mass is 19.1. The zero-order valence-electron chi connectivity index (χ0n) is 13.6. The normalized spacial score (nSPS) is 22.0. The number of amides is 1. The molecule has 5 nitrogen and oxygen atoms in total. The summed E-state index contributed by atoms with van der Waals surface area (Å²) >= 11 is 0. The Kier molecular flexibility index (Phi) is 5.39. The van der Waals surface area contributed by atoms with Crippen LogP contribution in [0.2, 0.25) is 0 Å². The molecule has 2 heterocycles. The zero-order chi connectivity index (χ0) is 18.0.